The molecule has 0 atom stereocenters. The van der Waals surface area contributed by atoms with Crippen LogP contribution in [-0.4, -0.2) is 27.7 Å². The highest BCUT2D eigenvalue weighted by Crippen LogP contribution is 2.08. The summed E-state index contributed by atoms with van der Waals surface area (Å²) < 4.78 is 7.31. The molecule has 19 heavy (non-hydrogen) atoms. The van der Waals surface area contributed by atoms with Crippen molar-refractivity contribution in [2.24, 2.45) is 0 Å². The molecule has 0 aliphatic rings. The predicted octanol–water partition coefficient (Wildman–Crippen LogP) is 2.22. The van der Waals surface area contributed by atoms with Gasteiger partial charge in [-0.25, -0.2) is 4.52 Å². The SMILES string of the molecule is c1ccc(OCCNc2nc3ccccn3n2)cc1. The number of nitrogens with one attached hydrogen (secondary N) is 1. The fraction of sp³-hybridized carbons (Fsp3) is 0.143. The molecule has 3 aromatic rings. The monoisotopic (exact) mass is 254 g/mol. The molecule has 96 valence electrons. The van der Waals surface area contributed by atoms with E-state index >= 15 is 0 Å². The van der Waals surface area contributed by atoms with Crippen LogP contribution in [0.3, 0.4) is 0 Å². The lowest BCUT2D eigenvalue weighted by Crippen LogP contribution is -2.12. The van der Waals surface area contributed by atoms with Gasteiger partial charge < -0.3 is 10.1 Å². The summed E-state index contributed by atoms with van der Waals surface area (Å²) in [5.41, 5.74) is 0.828. The van der Waals surface area contributed by atoms with E-state index in [9.17, 15) is 0 Å². The van der Waals surface area contributed by atoms with Crippen LogP contribution in [0.15, 0.2) is 54.7 Å². The van der Waals surface area contributed by atoms with E-state index in [0.717, 1.165) is 11.4 Å². The second kappa shape index (κ2) is 5.39. The van der Waals surface area contributed by atoms with Gasteiger partial charge in [0.2, 0.25) is 5.95 Å². The number of hydrogen-bond donors (Lipinski definition) is 1. The number of benzene rings is 1. The molecule has 1 N–H and O–H groups in total. The largest absolute Gasteiger partial charge is 0.492 e. The Hall–Kier alpha value is -2.56. The molecule has 0 aliphatic carbocycles. The molecule has 0 saturated carbocycles. The first-order valence-electron chi connectivity index (χ1n) is 6.15. The summed E-state index contributed by atoms with van der Waals surface area (Å²) in [5, 5.41) is 7.43. The molecule has 0 fully saturated rings. The van der Waals surface area contributed by atoms with E-state index in [0.29, 0.717) is 19.1 Å². The first-order chi connectivity index (χ1) is 9.42. The van der Waals surface area contributed by atoms with E-state index in [2.05, 4.69) is 15.4 Å². The van der Waals surface area contributed by atoms with Gasteiger partial charge in [-0.3, -0.25) is 0 Å². The van der Waals surface area contributed by atoms with Gasteiger partial charge in [-0.2, -0.15) is 4.98 Å². The Bertz CT molecular complexity index is 618. The van der Waals surface area contributed by atoms with Gasteiger partial charge in [0.05, 0.1) is 6.54 Å². The number of ether oxygens (including phenoxy) is 1. The van der Waals surface area contributed by atoms with Crippen molar-refractivity contribution in [1.82, 2.24) is 14.6 Å². The Labute approximate surface area is 110 Å². The van der Waals surface area contributed by atoms with Crippen LogP contribution in [-0.2, 0) is 0 Å². The molecule has 1 aromatic carbocycles. The van der Waals surface area contributed by atoms with Crippen LogP contribution in [0.2, 0.25) is 0 Å². The van der Waals surface area contributed by atoms with Crippen molar-refractivity contribution in [3.05, 3.63) is 54.7 Å². The van der Waals surface area contributed by atoms with Gasteiger partial charge in [0, 0.05) is 6.20 Å². The Morgan fingerprint density at radius 1 is 1.05 bits per heavy atom. The Kier molecular flexibility index (Phi) is 3.27. The summed E-state index contributed by atoms with van der Waals surface area (Å²) in [6.45, 7) is 1.23. The van der Waals surface area contributed by atoms with Gasteiger partial charge in [-0.05, 0) is 24.3 Å². The Morgan fingerprint density at radius 2 is 1.89 bits per heavy atom. The fourth-order valence-corrected chi connectivity index (χ4v) is 1.75. The van der Waals surface area contributed by atoms with Crippen LogP contribution < -0.4 is 10.1 Å². The first kappa shape index (κ1) is 11.5. The second-order valence-corrected chi connectivity index (χ2v) is 4.03. The van der Waals surface area contributed by atoms with Crippen molar-refractivity contribution in [2.45, 2.75) is 0 Å². The third-order valence-corrected chi connectivity index (χ3v) is 2.64. The van der Waals surface area contributed by atoms with Crippen molar-refractivity contribution < 1.29 is 4.74 Å². The van der Waals surface area contributed by atoms with E-state index in [1.165, 1.54) is 0 Å². The molecule has 2 aromatic heterocycles. The van der Waals surface area contributed by atoms with Crippen LogP contribution in [0, 0.1) is 0 Å². The quantitative estimate of drug-likeness (QED) is 0.709. The zero-order valence-corrected chi connectivity index (χ0v) is 10.4. The van der Waals surface area contributed by atoms with Crippen molar-refractivity contribution >= 4 is 11.6 Å². The molecule has 5 heteroatoms. The normalized spacial score (nSPS) is 10.5. The van der Waals surface area contributed by atoms with E-state index in [-0.39, 0.29) is 0 Å². The number of nitrogens with zero attached hydrogens (tertiary/aromatic N) is 3. The summed E-state index contributed by atoms with van der Waals surface area (Å²) in [6.07, 6.45) is 1.87. The van der Waals surface area contributed by atoms with Gasteiger partial charge in [0.15, 0.2) is 5.65 Å². The van der Waals surface area contributed by atoms with Gasteiger partial charge in [-0.1, -0.05) is 24.3 Å². The van der Waals surface area contributed by atoms with Crippen molar-refractivity contribution in [3.63, 3.8) is 0 Å². The minimum Gasteiger partial charge on any atom is -0.492 e. The van der Waals surface area contributed by atoms with Crippen molar-refractivity contribution in [2.75, 3.05) is 18.5 Å². The highest BCUT2D eigenvalue weighted by molar-refractivity contribution is 5.42. The fourth-order valence-electron chi connectivity index (χ4n) is 1.75. The third kappa shape index (κ3) is 2.82. The van der Waals surface area contributed by atoms with Gasteiger partial charge in [0.25, 0.3) is 0 Å². The molecule has 2 heterocycles. The lowest BCUT2D eigenvalue weighted by Gasteiger charge is -2.05. The van der Waals surface area contributed by atoms with Gasteiger partial charge in [-0.15, -0.1) is 5.10 Å². The number of anilines is 1. The molecule has 0 spiro atoms. The second-order valence-electron chi connectivity index (χ2n) is 4.03. The zero-order chi connectivity index (χ0) is 12.9. The van der Waals surface area contributed by atoms with Crippen LogP contribution in [0.5, 0.6) is 5.75 Å². The minimum atomic E-state index is 0.569. The van der Waals surface area contributed by atoms with E-state index in [4.69, 9.17) is 4.74 Å². The third-order valence-electron chi connectivity index (χ3n) is 2.64. The van der Waals surface area contributed by atoms with E-state index < -0.39 is 0 Å². The smallest absolute Gasteiger partial charge is 0.243 e. The minimum absolute atomic E-state index is 0.569. The van der Waals surface area contributed by atoms with Gasteiger partial charge in [0.1, 0.15) is 12.4 Å². The summed E-state index contributed by atoms with van der Waals surface area (Å²) in [4.78, 5) is 4.34. The average Bonchev–Trinajstić information content (AvgIpc) is 2.87. The van der Waals surface area contributed by atoms with Crippen LogP contribution in [0.25, 0.3) is 5.65 Å². The molecule has 0 unspecified atom stereocenters. The average molecular weight is 254 g/mol. The van der Waals surface area contributed by atoms with Crippen LogP contribution in [0.4, 0.5) is 5.95 Å². The molecule has 3 rings (SSSR count). The molecule has 0 amide bonds. The molecule has 0 bridgehead atoms. The summed E-state index contributed by atoms with van der Waals surface area (Å²) >= 11 is 0. The summed E-state index contributed by atoms with van der Waals surface area (Å²) in [6, 6.07) is 15.5. The molecular formula is C14H14N4O. The number of fused-ring (bicyclic) bond motifs is 1. The van der Waals surface area contributed by atoms with E-state index in [1.807, 2.05) is 54.7 Å². The maximum atomic E-state index is 5.58. The highest BCUT2D eigenvalue weighted by Gasteiger charge is 2.01. The number of rotatable bonds is 5. The maximum absolute atomic E-state index is 5.58. The lowest BCUT2D eigenvalue weighted by molar-refractivity contribution is 0.332. The molecule has 0 radical (unpaired) electrons. The standard InChI is InChI=1S/C14H14N4O/c1-2-6-12(7-3-1)19-11-9-15-14-16-13-8-4-5-10-18(13)17-14/h1-8,10H,9,11H2,(H,15,17). The number of hydrogen-bond acceptors (Lipinski definition) is 4. The maximum Gasteiger partial charge on any atom is 0.243 e. The molecule has 0 aliphatic heterocycles. The Morgan fingerprint density at radius 3 is 2.74 bits per heavy atom. The van der Waals surface area contributed by atoms with E-state index in [1.54, 1.807) is 4.52 Å². The first-order valence-corrected chi connectivity index (χ1v) is 6.15. The summed E-state index contributed by atoms with van der Waals surface area (Å²) in [7, 11) is 0. The molecular weight excluding hydrogens is 240 g/mol. The van der Waals surface area contributed by atoms with Crippen LogP contribution >= 0.6 is 0 Å². The van der Waals surface area contributed by atoms with Crippen LogP contribution in [0.1, 0.15) is 0 Å². The molecule has 5 nitrogen and oxygen atoms in total. The highest BCUT2D eigenvalue weighted by atomic mass is 16.5. The Balaban J connectivity index is 1.52. The predicted molar refractivity (Wildman–Crippen MR) is 73.4 cm³/mol. The lowest BCUT2D eigenvalue weighted by atomic mass is 10.3. The topological polar surface area (TPSA) is 51.5 Å². The number of para-hydroxylation sites is 1. The van der Waals surface area contributed by atoms with Gasteiger partial charge >= 0.3 is 0 Å². The number of pyridine rings is 1. The number of aromatic nitrogens is 3. The van der Waals surface area contributed by atoms with Crippen molar-refractivity contribution in [3.8, 4) is 5.75 Å². The summed E-state index contributed by atoms with van der Waals surface area (Å²) in [5.74, 6) is 1.48. The zero-order valence-electron chi connectivity index (χ0n) is 10.4. The van der Waals surface area contributed by atoms with Crippen molar-refractivity contribution in [1.29, 1.82) is 0 Å². The molecule has 0 saturated heterocycles.